The molecule has 1 fully saturated rings. The highest BCUT2D eigenvalue weighted by Crippen LogP contribution is 2.22. The van der Waals surface area contributed by atoms with E-state index in [1.54, 1.807) is 41.3 Å². The zero-order valence-corrected chi connectivity index (χ0v) is 23.6. The van der Waals surface area contributed by atoms with Gasteiger partial charge in [-0.1, -0.05) is 49.9 Å². The fourth-order valence-corrected chi connectivity index (χ4v) is 5.95. The van der Waals surface area contributed by atoms with Gasteiger partial charge in [-0.3, -0.25) is 13.9 Å². The van der Waals surface area contributed by atoms with Crippen LogP contribution in [-0.2, 0) is 26.2 Å². The van der Waals surface area contributed by atoms with Crippen LogP contribution in [0.4, 0.5) is 10.1 Å². The lowest BCUT2D eigenvalue weighted by Gasteiger charge is -2.33. The maximum atomic E-state index is 13.5. The molecule has 2 aromatic carbocycles. The highest BCUT2D eigenvalue weighted by Gasteiger charge is 2.30. The molecule has 0 unspecified atom stereocenters. The SMILES string of the molecule is CC[C@H](C(=O)NC1CCCCC1)N(Cc1ccc(F)cc1)C(=O)CCCN(c1ccc(Cl)cc1)S(C)(=O)=O. The first-order valence-corrected chi connectivity index (χ1v) is 15.4. The number of halogens is 2. The Balaban J connectivity index is 1.74. The van der Waals surface area contributed by atoms with Crippen LogP contribution in [0.25, 0.3) is 0 Å². The zero-order valence-electron chi connectivity index (χ0n) is 22.0. The third-order valence-corrected chi connectivity index (χ3v) is 8.32. The Labute approximate surface area is 230 Å². The Morgan fingerprint density at radius 1 is 1.05 bits per heavy atom. The lowest BCUT2D eigenvalue weighted by molar-refractivity contribution is -0.141. The highest BCUT2D eigenvalue weighted by molar-refractivity contribution is 7.92. The van der Waals surface area contributed by atoms with Gasteiger partial charge in [0.05, 0.1) is 11.9 Å². The molecule has 2 aromatic rings. The van der Waals surface area contributed by atoms with E-state index in [4.69, 9.17) is 11.6 Å². The second-order valence-corrected chi connectivity index (χ2v) is 12.2. The fraction of sp³-hybridized carbons (Fsp3) is 0.500. The van der Waals surface area contributed by atoms with Crippen molar-refractivity contribution in [2.24, 2.45) is 0 Å². The van der Waals surface area contributed by atoms with Crippen LogP contribution < -0.4 is 9.62 Å². The van der Waals surface area contributed by atoms with Gasteiger partial charge in [-0.25, -0.2) is 12.8 Å². The van der Waals surface area contributed by atoms with Gasteiger partial charge in [0, 0.05) is 30.6 Å². The van der Waals surface area contributed by atoms with Crippen LogP contribution in [0.5, 0.6) is 0 Å². The van der Waals surface area contributed by atoms with Crippen LogP contribution in [0.1, 0.15) is 63.9 Å². The number of hydrogen-bond acceptors (Lipinski definition) is 4. The largest absolute Gasteiger partial charge is 0.352 e. The number of anilines is 1. The molecule has 208 valence electrons. The molecular formula is C28H37ClFN3O4S. The van der Waals surface area contributed by atoms with E-state index in [1.165, 1.54) is 22.9 Å². The summed E-state index contributed by atoms with van der Waals surface area (Å²) in [5, 5.41) is 3.62. The van der Waals surface area contributed by atoms with Crippen molar-refractivity contribution in [3.63, 3.8) is 0 Å². The van der Waals surface area contributed by atoms with Crippen LogP contribution in [0.15, 0.2) is 48.5 Å². The van der Waals surface area contributed by atoms with E-state index in [0.717, 1.165) is 31.9 Å². The van der Waals surface area contributed by atoms with Crippen LogP contribution in [0.3, 0.4) is 0 Å². The minimum atomic E-state index is -3.59. The summed E-state index contributed by atoms with van der Waals surface area (Å²) in [6.45, 7) is 2.12. The lowest BCUT2D eigenvalue weighted by Crippen LogP contribution is -2.51. The van der Waals surface area contributed by atoms with Gasteiger partial charge in [0.15, 0.2) is 0 Å². The summed E-state index contributed by atoms with van der Waals surface area (Å²) in [4.78, 5) is 28.3. The molecule has 0 spiro atoms. The third-order valence-electron chi connectivity index (χ3n) is 6.87. The van der Waals surface area contributed by atoms with Gasteiger partial charge in [0.2, 0.25) is 21.8 Å². The minimum absolute atomic E-state index is 0.0496. The van der Waals surface area contributed by atoms with Crippen molar-refractivity contribution in [2.75, 3.05) is 17.1 Å². The molecule has 7 nitrogen and oxygen atoms in total. The first-order chi connectivity index (χ1) is 18.1. The number of carbonyl (C=O) groups excluding carboxylic acids is 2. The van der Waals surface area contributed by atoms with Gasteiger partial charge in [0.1, 0.15) is 11.9 Å². The number of rotatable bonds is 12. The van der Waals surface area contributed by atoms with Crippen molar-refractivity contribution >= 4 is 39.1 Å². The summed E-state index contributed by atoms with van der Waals surface area (Å²) < 4.78 is 39.6. The third kappa shape index (κ3) is 8.70. The molecule has 1 saturated carbocycles. The quantitative estimate of drug-likeness (QED) is 0.379. The number of sulfonamides is 1. The average molecular weight is 566 g/mol. The van der Waals surface area contributed by atoms with Gasteiger partial charge in [-0.15, -0.1) is 0 Å². The van der Waals surface area contributed by atoms with Crippen LogP contribution in [0, 0.1) is 5.82 Å². The number of amides is 2. The van der Waals surface area contributed by atoms with E-state index < -0.39 is 16.1 Å². The standard InChI is InChI=1S/C28H37ClFN3O4S/c1-3-26(28(35)31-24-8-5-4-6-9-24)32(20-21-11-15-23(30)16-12-21)27(34)10-7-19-33(38(2,36)37)25-17-13-22(29)14-18-25/h11-18,24,26H,3-10,19-20H2,1-2H3,(H,31,35)/t26-/m1/s1. The Kier molecular flexibility index (Phi) is 11.0. The molecule has 1 aliphatic rings. The van der Waals surface area contributed by atoms with Crippen LogP contribution >= 0.6 is 11.6 Å². The molecule has 38 heavy (non-hydrogen) atoms. The smallest absolute Gasteiger partial charge is 0.243 e. The van der Waals surface area contributed by atoms with E-state index in [0.29, 0.717) is 22.7 Å². The summed E-state index contributed by atoms with van der Waals surface area (Å²) in [6.07, 6.45) is 7.02. The molecule has 0 aliphatic heterocycles. The second kappa shape index (κ2) is 13.9. The number of benzene rings is 2. The van der Waals surface area contributed by atoms with Crippen molar-refractivity contribution in [3.05, 3.63) is 64.9 Å². The molecular weight excluding hydrogens is 529 g/mol. The molecule has 0 bridgehead atoms. The number of nitrogens with zero attached hydrogens (tertiary/aromatic N) is 2. The predicted molar refractivity (Wildman–Crippen MR) is 149 cm³/mol. The number of nitrogens with one attached hydrogen (secondary N) is 1. The molecule has 1 N–H and O–H groups in total. The maximum absolute atomic E-state index is 13.5. The Morgan fingerprint density at radius 2 is 1.68 bits per heavy atom. The molecule has 1 atom stereocenters. The molecule has 2 amide bonds. The van der Waals surface area contributed by atoms with Crippen molar-refractivity contribution in [3.8, 4) is 0 Å². The van der Waals surface area contributed by atoms with Crippen LogP contribution in [0.2, 0.25) is 5.02 Å². The summed E-state index contributed by atoms with van der Waals surface area (Å²) in [5.74, 6) is -0.824. The topological polar surface area (TPSA) is 86.8 Å². The molecule has 0 saturated heterocycles. The molecule has 1 aliphatic carbocycles. The van der Waals surface area contributed by atoms with Gasteiger partial charge < -0.3 is 10.2 Å². The van der Waals surface area contributed by atoms with Gasteiger partial charge in [0.25, 0.3) is 0 Å². The minimum Gasteiger partial charge on any atom is -0.352 e. The normalized spacial score (nSPS) is 15.1. The average Bonchev–Trinajstić information content (AvgIpc) is 2.88. The van der Waals surface area contributed by atoms with Gasteiger partial charge in [-0.05, 0) is 67.6 Å². The molecule has 10 heteroatoms. The highest BCUT2D eigenvalue weighted by atomic mass is 35.5. The van der Waals surface area contributed by atoms with Gasteiger partial charge in [-0.2, -0.15) is 0 Å². The van der Waals surface area contributed by atoms with E-state index >= 15 is 0 Å². The van der Waals surface area contributed by atoms with E-state index in [1.807, 2.05) is 6.92 Å². The van der Waals surface area contributed by atoms with Crippen molar-refractivity contribution in [2.45, 2.75) is 76.9 Å². The molecule has 0 heterocycles. The summed E-state index contributed by atoms with van der Waals surface area (Å²) in [5.41, 5.74) is 1.17. The Bertz CT molecular complexity index is 1170. The van der Waals surface area contributed by atoms with E-state index in [-0.39, 0.29) is 49.6 Å². The Hall–Kier alpha value is -2.65. The summed E-state index contributed by atoms with van der Waals surface area (Å²) >= 11 is 5.95. The number of hydrogen-bond donors (Lipinski definition) is 1. The lowest BCUT2D eigenvalue weighted by atomic mass is 9.95. The second-order valence-electron chi connectivity index (χ2n) is 9.83. The first kappa shape index (κ1) is 29.9. The van der Waals surface area contributed by atoms with Crippen molar-refractivity contribution < 1.29 is 22.4 Å². The Morgan fingerprint density at radius 3 is 2.26 bits per heavy atom. The van der Waals surface area contributed by atoms with Gasteiger partial charge >= 0.3 is 0 Å². The van der Waals surface area contributed by atoms with Crippen LogP contribution in [-0.4, -0.2) is 50.0 Å². The predicted octanol–water partition coefficient (Wildman–Crippen LogP) is 5.28. The monoisotopic (exact) mass is 565 g/mol. The molecule has 0 aromatic heterocycles. The van der Waals surface area contributed by atoms with Crippen molar-refractivity contribution in [1.82, 2.24) is 10.2 Å². The van der Waals surface area contributed by atoms with E-state index in [2.05, 4.69) is 5.32 Å². The van der Waals surface area contributed by atoms with E-state index in [9.17, 15) is 22.4 Å². The number of carbonyl (C=O) groups is 2. The summed E-state index contributed by atoms with van der Waals surface area (Å²) in [7, 11) is -3.59. The first-order valence-electron chi connectivity index (χ1n) is 13.2. The molecule has 0 radical (unpaired) electrons. The summed E-state index contributed by atoms with van der Waals surface area (Å²) in [6, 6.07) is 11.8. The maximum Gasteiger partial charge on any atom is 0.243 e. The fourth-order valence-electron chi connectivity index (χ4n) is 4.86. The zero-order chi connectivity index (χ0) is 27.7. The molecule has 3 rings (SSSR count). The van der Waals surface area contributed by atoms with Crippen molar-refractivity contribution in [1.29, 1.82) is 0 Å².